The molecular weight excluding hydrogens is 396 g/mol. The molecule has 0 unspecified atom stereocenters. The van der Waals surface area contributed by atoms with Crippen LogP contribution in [0.5, 0.6) is 0 Å². The van der Waals surface area contributed by atoms with Gasteiger partial charge in [-0.05, 0) is 30.0 Å². The van der Waals surface area contributed by atoms with Gasteiger partial charge < -0.3 is 14.0 Å². The highest BCUT2D eigenvalue weighted by Crippen LogP contribution is 2.57. The molecule has 2 fully saturated rings. The molecule has 2 aliphatic rings. The van der Waals surface area contributed by atoms with Crippen LogP contribution in [0.15, 0.2) is 46.2 Å². The van der Waals surface area contributed by atoms with E-state index in [4.69, 9.17) is 9.78 Å². The first-order valence-corrected chi connectivity index (χ1v) is 10.1. The third-order valence-corrected chi connectivity index (χ3v) is 6.32. The number of imidazole rings is 1. The Morgan fingerprint density at radius 1 is 1.23 bits per heavy atom. The first-order chi connectivity index (χ1) is 15.1. The lowest BCUT2D eigenvalue weighted by molar-refractivity contribution is 0.363. The minimum absolute atomic E-state index is 0.176. The summed E-state index contributed by atoms with van der Waals surface area (Å²) in [5.41, 5.74) is 2.43. The molecule has 0 amide bonds. The number of piperidine rings is 1. The van der Waals surface area contributed by atoms with Crippen LogP contribution in [0.1, 0.15) is 23.2 Å². The monoisotopic (exact) mass is 414 g/mol. The Morgan fingerprint density at radius 2 is 2.03 bits per heavy atom. The summed E-state index contributed by atoms with van der Waals surface area (Å²) in [6.07, 6.45) is 3.03. The van der Waals surface area contributed by atoms with Gasteiger partial charge >= 0.3 is 0 Å². The van der Waals surface area contributed by atoms with Gasteiger partial charge in [-0.25, -0.2) is 9.97 Å². The van der Waals surface area contributed by atoms with Gasteiger partial charge in [0.15, 0.2) is 17.0 Å². The fourth-order valence-corrected chi connectivity index (χ4v) is 4.69. The standard InChI is InChI=1S/C21H18N8O2/c1-27-10-23-20-18(27)21(30)29(11-24-20)9-16-25-19(26-31-16)17-14-7-28(8-15(14)17)13-4-2-3-12(5-13)6-22/h2-5,10-11,14-15,17H,7-9H2,1H3/t14-,15+,17+. The van der Waals surface area contributed by atoms with Gasteiger partial charge in [-0.1, -0.05) is 11.2 Å². The number of aryl methyl sites for hydroxylation is 1. The number of aromatic nitrogens is 6. The lowest BCUT2D eigenvalue weighted by Crippen LogP contribution is -2.24. The molecule has 4 heterocycles. The molecule has 1 aliphatic carbocycles. The summed E-state index contributed by atoms with van der Waals surface area (Å²) in [6.45, 7) is 2.00. The van der Waals surface area contributed by atoms with E-state index in [0.29, 0.717) is 40.3 Å². The lowest BCUT2D eigenvalue weighted by atomic mass is 10.2. The number of rotatable bonds is 4. The summed E-state index contributed by atoms with van der Waals surface area (Å²) in [7, 11) is 1.76. The number of anilines is 1. The van der Waals surface area contributed by atoms with Gasteiger partial charge in [-0.15, -0.1) is 0 Å². The van der Waals surface area contributed by atoms with E-state index < -0.39 is 0 Å². The van der Waals surface area contributed by atoms with Crippen molar-refractivity contribution in [2.45, 2.75) is 12.5 Å². The Labute approximate surface area is 176 Å². The smallest absolute Gasteiger partial charge is 0.280 e. The predicted octanol–water partition coefficient (Wildman–Crippen LogP) is 1.28. The number of fused-ring (bicyclic) bond motifs is 2. The van der Waals surface area contributed by atoms with Crippen LogP contribution in [0, 0.1) is 23.2 Å². The van der Waals surface area contributed by atoms with Crippen molar-refractivity contribution < 1.29 is 4.52 Å². The molecule has 1 aromatic carbocycles. The van der Waals surface area contributed by atoms with Crippen molar-refractivity contribution in [2.24, 2.45) is 18.9 Å². The molecular formula is C21H18N8O2. The number of nitrogens with zero attached hydrogens (tertiary/aromatic N) is 8. The van der Waals surface area contributed by atoms with E-state index in [0.717, 1.165) is 18.8 Å². The molecule has 6 rings (SSSR count). The molecule has 0 spiro atoms. The van der Waals surface area contributed by atoms with Crippen molar-refractivity contribution in [3.63, 3.8) is 0 Å². The molecule has 10 heteroatoms. The average molecular weight is 414 g/mol. The van der Waals surface area contributed by atoms with Crippen LogP contribution in [-0.4, -0.2) is 42.3 Å². The molecule has 1 saturated carbocycles. The second-order valence-electron chi connectivity index (χ2n) is 8.17. The minimum Gasteiger partial charge on any atom is -0.371 e. The zero-order chi connectivity index (χ0) is 21.1. The first kappa shape index (κ1) is 17.8. The summed E-state index contributed by atoms with van der Waals surface area (Å²) < 4.78 is 8.55. The largest absolute Gasteiger partial charge is 0.371 e. The van der Waals surface area contributed by atoms with Gasteiger partial charge in [-0.3, -0.25) is 9.36 Å². The van der Waals surface area contributed by atoms with E-state index in [-0.39, 0.29) is 18.0 Å². The Hall–Kier alpha value is -4.00. The molecule has 10 nitrogen and oxygen atoms in total. The van der Waals surface area contributed by atoms with Crippen LogP contribution in [0.25, 0.3) is 11.2 Å². The third-order valence-electron chi connectivity index (χ3n) is 6.32. The molecule has 4 aromatic rings. The number of hydrogen-bond acceptors (Lipinski definition) is 8. The fourth-order valence-electron chi connectivity index (χ4n) is 4.69. The van der Waals surface area contributed by atoms with Crippen molar-refractivity contribution in [1.82, 2.24) is 29.2 Å². The van der Waals surface area contributed by atoms with Gasteiger partial charge in [0.05, 0.1) is 18.0 Å². The summed E-state index contributed by atoms with van der Waals surface area (Å²) in [5.74, 6) is 2.34. The van der Waals surface area contributed by atoms with Gasteiger partial charge in [0.1, 0.15) is 12.9 Å². The summed E-state index contributed by atoms with van der Waals surface area (Å²) in [4.78, 5) is 27.9. The topological polar surface area (TPSA) is 119 Å². The molecule has 31 heavy (non-hydrogen) atoms. The van der Waals surface area contributed by atoms with E-state index in [9.17, 15) is 4.79 Å². The van der Waals surface area contributed by atoms with Crippen molar-refractivity contribution in [3.05, 3.63) is 64.6 Å². The summed E-state index contributed by atoms with van der Waals surface area (Å²) >= 11 is 0. The van der Waals surface area contributed by atoms with Crippen LogP contribution in [0.3, 0.4) is 0 Å². The molecule has 0 N–H and O–H groups in total. The lowest BCUT2D eigenvalue weighted by Gasteiger charge is -2.21. The van der Waals surface area contributed by atoms with Crippen molar-refractivity contribution in [3.8, 4) is 6.07 Å². The van der Waals surface area contributed by atoms with E-state index in [2.05, 4.69) is 31.1 Å². The average Bonchev–Trinajstić information content (AvgIpc) is 3.21. The molecule has 154 valence electrons. The van der Waals surface area contributed by atoms with Gasteiger partial charge in [0.25, 0.3) is 5.56 Å². The Kier molecular flexibility index (Phi) is 3.74. The van der Waals surface area contributed by atoms with Gasteiger partial charge in [0, 0.05) is 31.7 Å². The van der Waals surface area contributed by atoms with Gasteiger partial charge in [-0.2, -0.15) is 10.2 Å². The van der Waals surface area contributed by atoms with E-state index in [1.54, 1.807) is 17.9 Å². The van der Waals surface area contributed by atoms with Crippen LogP contribution < -0.4 is 10.5 Å². The Balaban J connectivity index is 1.16. The highest BCUT2D eigenvalue weighted by atomic mass is 16.5. The second kappa shape index (κ2) is 6.50. The van der Waals surface area contributed by atoms with E-state index >= 15 is 0 Å². The minimum atomic E-state index is -0.191. The third kappa shape index (κ3) is 2.81. The SMILES string of the molecule is Cn1cnc2ncn(Cc3nc([C@H]4[C@@H]5CN(c6cccc(C#N)c6)C[C@@H]54)no3)c(=O)c21. The quantitative estimate of drug-likeness (QED) is 0.490. The fraction of sp³-hybridized carbons (Fsp3) is 0.333. The van der Waals surface area contributed by atoms with Crippen molar-refractivity contribution in [1.29, 1.82) is 5.26 Å². The summed E-state index contributed by atoms with van der Waals surface area (Å²) in [5, 5.41) is 13.3. The number of hydrogen-bond donors (Lipinski definition) is 0. The first-order valence-electron chi connectivity index (χ1n) is 10.1. The maximum atomic E-state index is 12.7. The molecule has 3 atom stereocenters. The van der Waals surface area contributed by atoms with Crippen molar-refractivity contribution in [2.75, 3.05) is 18.0 Å². The van der Waals surface area contributed by atoms with E-state index in [1.165, 1.54) is 10.9 Å². The predicted molar refractivity (Wildman–Crippen MR) is 109 cm³/mol. The van der Waals surface area contributed by atoms with Crippen LogP contribution >= 0.6 is 0 Å². The molecule has 0 bridgehead atoms. The zero-order valence-electron chi connectivity index (χ0n) is 16.7. The molecule has 3 aromatic heterocycles. The van der Waals surface area contributed by atoms with Crippen molar-refractivity contribution >= 4 is 16.9 Å². The van der Waals surface area contributed by atoms with Crippen LogP contribution in [-0.2, 0) is 13.6 Å². The number of benzene rings is 1. The number of nitriles is 1. The van der Waals surface area contributed by atoms with Crippen LogP contribution in [0.2, 0.25) is 0 Å². The maximum Gasteiger partial charge on any atom is 0.280 e. The molecule has 1 aliphatic heterocycles. The Morgan fingerprint density at radius 3 is 2.84 bits per heavy atom. The van der Waals surface area contributed by atoms with E-state index in [1.807, 2.05) is 24.3 Å². The molecule has 1 saturated heterocycles. The Bertz CT molecular complexity index is 1400. The molecule has 0 radical (unpaired) electrons. The summed E-state index contributed by atoms with van der Waals surface area (Å²) in [6, 6.07) is 9.89. The second-order valence-corrected chi connectivity index (χ2v) is 8.17. The zero-order valence-corrected chi connectivity index (χ0v) is 16.7. The highest BCUT2D eigenvalue weighted by Gasteiger charge is 2.58. The van der Waals surface area contributed by atoms with Gasteiger partial charge in [0.2, 0.25) is 5.89 Å². The highest BCUT2D eigenvalue weighted by molar-refractivity contribution is 5.68. The van der Waals surface area contributed by atoms with Crippen LogP contribution in [0.4, 0.5) is 5.69 Å². The maximum absolute atomic E-state index is 12.7. The normalized spacial score (nSPS) is 21.9.